The summed E-state index contributed by atoms with van der Waals surface area (Å²) >= 11 is 1.69. The van der Waals surface area contributed by atoms with E-state index in [1.54, 1.807) is 11.8 Å². The van der Waals surface area contributed by atoms with Gasteiger partial charge >= 0.3 is 0 Å². The fourth-order valence-electron chi connectivity index (χ4n) is 1.36. The van der Waals surface area contributed by atoms with Crippen molar-refractivity contribution in [2.75, 3.05) is 5.75 Å². The van der Waals surface area contributed by atoms with Crippen LogP contribution in [0.2, 0.25) is 0 Å². The molecule has 0 saturated heterocycles. The van der Waals surface area contributed by atoms with Crippen LogP contribution in [0, 0.1) is 6.92 Å². The van der Waals surface area contributed by atoms with Crippen molar-refractivity contribution in [3.05, 3.63) is 42.0 Å². The van der Waals surface area contributed by atoms with E-state index >= 15 is 0 Å². The van der Waals surface area contributed by atoms with Crippen molar-refractivity contribution >= 4 is 11.8 Å². The molecule has 1 unspecified atom stereocenters. The van der Waals surface area contributed by atoms with E-state index in [2.05, 4.69) is 31.7 Å². The molecule has 1 rings (SSSR count). The zero-order valence-electron chi connectivity index (χ0n) is 9.36. The van der Waals surface area contributed by atoms with Crippen LogP contribution in [-0.4, -0.2) is 17.0 Å². The summed E-state index contributed by atoms with van der Waals surface area (Å²) in [5.41, 5.74) is 2.29. The minimum atomic E-state index is -0.284. The second-order valence-corrected chi connectivity index (χ2v) is 5.04. The lowest BCUT2D eigenvalue weighted by molar-refractivity contribution is 0.200. The first kappa shape index (κ1) is 12.3. The molecular formula is C13H18OS. The first-order valence-corrected chi connectivity index (χ1v) is 6.08. The molecule has 2 heteroatoms. The summed E-state index contributed by atoms with van der Waals surface area (Å²) in [5.74, 6) is 0.732. The zero-order valence-corrected chi connectivity index (χ0v) is 10.2. The molecule has 0 spiro atoms. The van der Waals surface area contributed by atoms with Crippen molar-refractivity contribution in [2.24, 2.45) is 0 Å². The van der Waals surface area contributed by atoms with Gasteiger partial charge in [-0.1, -0.05) is 23.3 Å². The molecule has 0 aliphatic carbocycles. The fourth-order valence-corrected chi connectivity index (χ4v) is 2.31. The topological polar surface area (TPSA) is 20.2 Å². The highest BCUT2D eigenvalue weighted by atomic mass is 32.2. The summed E-state index contributed by atoms with van der Waals surface area (Å²) in [4.78, 5) is 1.22. The highest BCUT2D eigenvalue weighted by molar-refractivity contribution is 7.99. The smallest absolute Gasteiger partial charge is 0.0670 e. The van der Waals surface area contributed by atoms with Gasteiger partial charge in [0.25, 0.3) is 0 Å². The van der Waals surface area contributed by atoms with E-state index < -0.39 is 0 Å². The van der Waals surface area contributed by atoms with Gasteiger partial charge in [0.05, 0.1) is 6.10 Å². The molecular weight excluding hydrogens is 204 g/mol. The van der Waals surface area contributed by atoms with E-state index in [1.807, 2.05) is 13.0 Å². The molecule has 1 aromatic rings. The molecule has 15 heavy (non-hydrogen) atoms. The van der Waals surface area contributed by atoms with E-state index in [9.17, 15) is 5.11 Å². The molecule has 0 bridgehead atoms. The number of aryl methyl sites for hydroxylation is 1. The normalized spacial score (nSPS) is 12.5. The molecule has 1 atom stereocenters. The third kappa shape index (κ3) is 5.05. The number of hydrogen-bond donors (Lipinski definition) is 1. The van der Waals surface area contributed by atoms with Gasteiger partial charge in [0.1, 0.15) is 0 Å². The quantitative estimate of drug-likeness (QED) is 0.608. The van der Waals surface area contributed by atoms with Crippen LogP contribution >= 0.6 is 11.8 Å². The van der Waals surface area contributed by atoms with Gasteiger partial charge in [0.15, 0.2) is 0 Å². The van der Waals surface area contributed by atoms with Gasteiger partial charge < -0.3 is 5.11 Å². The third-order valence-electron chi connectivity index (χ3n) is 2.02. The molecule has 0 aromatic heterocycles. The minimum Gasteiger partial charge on any atom is -0.392 e. The van der Waals surface area contributed by atoms with Crippen LogP contribution < -0.4 is 0 Å². The summed E-state index contributed by atoms with van der Waals surface area (Å²) in [7, 11) is 0. The Morgan fingerprint density at radius 3 is 2.87 bits per heavy atom. The Morgan fingerprint density at radius 1 is 1.53 bits per heavy atom. The van der Waals surface area contributed by atoms with Crippen LogP contribution in [0.5, 0.6) is 0 Å². The Hall–Kier alpha value is -0.730. The maximum absolute atomic E-state index is 9.67. The van der Waals surface area contributed by atoms with Crippen molar-refractivity contribution in [2.45, 2.75) is 31.3 Å². The molecule has 1 aromatic carbocycles. The summed E-state index contributed by atoms with van der Waals surface area (Å²) in [5, 5.41) is 9.67. The second kappa shape index (κ2) is 5.99. The maximum Gasteiger partial charge on any atom is 0.0670 e. The molecule has 82 valence electrons. The minimum absolute atomic E-state index is 0.284. The summed E-state index contributed by atoms with van der Waals surface area (Å²) in [6.45, 7) is 7.82. The van der Waals surface area contributed by atoms with E-state index in [4.69, 9.17) is 0 Å². The lowest BCUT2D eigenvalue weighted by Crippen LogP contribution is -2.09. The Bertz CT molecular complexity index is 333. The molecule has 0 radical (unpaired) electrons. The van der Waals surface area contributed by atoms with Crippen LogP contribution in [-0.2, 0) is 0 Å². The Balaban J connectivity index is 2.40. The molecule has 1 N–H and O–H groups in total. The Labute approximate surface area is 96.2 Å². The van der Waals surface area contributed by atoms with Crippen molar-refractivity contribution in [3.63, 3.8) is 0 Å². The molecule has 0 saturated carbocycles. The zero-order chi connectivity index (χ0) is 11.3. The predicted octanol–water partition coefficient (Wildman–Crippen LogP) is 3.41. The van der Waals surface area contributed by atoms with Crippen LogP contribution in [0.15, 0.2) is 41.3 Å². The molecule has 1 nitrogen and oxygen atoms in total. The van der Waals surface area contributed by atoms with Crippen LogP contribution in [0.1, 0.15) is 18.9 Å². The van der Waals surface area contributed by atoms with Crippen molar-refractivity contribution in [1.82, 2.24) is 0 Å². The number of hydrogen-bond acceptors (Lipinski definition) is 2. The number of benzene rings is 1. The van der Waals surface area contributed by atoms with Crippen molar-refractivity contribution in [1.29, 1.82) is 0 Å². The van der Waals surface area contributed by atoms with Crippen molar-refractivity contribution in [3.8, 4) is 0 Å². The van der Waals surface area contributed by atoms with Gasteiger partial charge in [-0.15, -0.1) is 18.3 Å². The molecule has 0 aliphatic heterocycles. The number of rotatable bonds is 5. The summed E-state index contributed by atoms with van der Waals surface area (Å²) in [6, 6.07) is 8.33. The molecule has 0 amide bonds. The highest BCUT2D eigenvalue weighted by Crippen LogP contribution is 2.21. The second-order valence-electron chi connectivity index (χ2n) is 3.94. The maximum atomic E-state index is 9.67. The molecule has 0 fully saturated rings. The Morgan fingerprint density at radius 2 is 2.27 bits per heavy atom. The average molecular weight is 222 g/mol. The van der Waals surface area contributed by atoms with E-state index in [1.165, 1.54) is 10.5 Å². The fraction of sp³-hybridized carbons (Fsp3) is 0.385. The number of aliphatic hydroxyl groups excluding tert-OH is 1. The number of thioether (sulfide) groups is 1. The number of aliphatic hydroxyl groups is 1. The van der Waals surface area contributed by atoms with Gasteiger partial charge in [0, 0.05) is 10.6 Å². The van der Waals surface area contributed by atoms with Crippen molar-refractivity contribution < 1.29 is 5.11 Å². The first-order valence-electron chi connectivity index (χ1n) is 5.10. The standard InChI is InChI=1S/C13H18OS/c1-10(2)7-12(14)9-15-13-6-4-5-11(3)8-13/h4-6,8,12,14H,1,7,9H2,2-3H3. The van der Waals surface area contributed by atoms with E-state index in [0.717, 1.165) is 11.3 Å². The first-order chi connectivity index (χ1) is 7.08. The lowest BCUT2D eigenvalue weighted by atomic mass is 10.2. The van der Waals surface area contributed by atoms with Crippen LogP contribution in [0.4, 0.5) is 0 Å². The largest absolute Gasteiger partial charge is 0.392 e. The third-order valence-corrected chi connectivity index (χ3v) is 3.15. The van der Waals surface area contributed by atoms with E-state index in [-0.39, 0.29) is 6.10 Å². The van der Waals surface area contributed by atoms with Gasteiger partial charge in [-0.3, -0.25) is 0 Å². The van der Waals surface area contributed by atoms with Crippen LogP contribution in [0.25, 0.3) is 0 Å². The summed E-state index contributed by atoms with van der Waals surface area (Å²) < 4.78 is 0. The van der Waals surface area contributed by atoms with E-state index in [0.29, 0.717) is 6.42 Å². The average Bonchev–Trinajstić information content (AvgIpc) is 2.14. The summed E-state index contributed by atoms with van der Waals surface area (Å²) in [6.07, 6.45) is 0.409. The van der Waals surface area contributed by atoms with Crippen LogP contribution in [0.3, 0.4) is 0 Å². The Kier molecular flexibility index (Phi) is 4.92. The highest BCUT2D eigenvalue weighted by Gasteiger charge is 2.05. The predicted molar refractivity (Wildman–Crippen MR) is 67.3 cm³/mol. The molecule has 0 aliphatic rings. The van der Waals surface area contributed by atoms with Gasteiger partial charge in [-0.05, 0) is 32.4 Å². The van der Waals surface area contributed by atoms with Gasteiger partial charge in [0.2, 0.25) is 0 Å². The van der Waals surface area contributed by atoms with Gasteiger partial charge in [-0.25, -0.2) is 0 Å². The van der Waals surface area contributed by atoms with Gasteiger partial charge in [-0.2, -0.15) is 0 Å². The lowest BCUT2D eigenvalue weighted by Gasteiger charge is -2.09. The monoisotopic (exact) mass is 222 g/mol. The SMILES string of the molecule is C=C(C)CC(O)CSc1cccc(C)c1. The molecule has 0 heterocycles.